The fourth-order valence-corrected chi connectivity index (χ4v) is 3.46. The van der Waals surface area contributed by atoms with Crippen molar-refractivity contribution in [2.24, 2.45) is 5.92 Å². The molecule has 0 bridgehead atoms. The molecule has 2 aromatic rings. The first-order valence-corrected chi connectivity index (χ1v) is 9.78. The summed E-state index contributed by atoms with van der Waals surface area (Å²) in [6.45, 7) is 4.59. The Hall–Kier alpha value is -3.19. The summed E-state index contributed by atoms with van der Waals surface area (Å²) in [6.07, 6.45) is 0. The molecule has 1 heterocycles. The summed E-state index contributed by atoms with van der Waals surface area (Å²) in [5, 5.41) is 3.12. The van der Waals surface area contributed by atoms with Gasteiger partial charge in [-0.1, -0.05) is 43.6 Å². The molecular weight excluding hydrogens is 408 g/mol. The van der Waals surface area contributed by atoms with E-state index in [4.69, 9.17) is 16.3 Å². The largest absolute Gasteiger partial charge is 0.454 e. The number of nitrogens with zero attached hydrogens (tertiary/aromatic N) is 1. The van der Waals surface area contributed by atoms with E-state index in [0.29, 0.717) is 16.3 Å². The van der Waals surface area contributed by atoms with Crippen molar-refractivity contribution in [3.8, 4) is 0 Å². The van der Waals surface area contributed by atoms with Gasteiger partial charge in [0.2, 0.25) is 0 Å². The lowest BCUT2D eigenvalue weighted by Gasteiger charge is -2.27. The fourth-order valence-electron chi connectivity index (χ4n) is 3.29. The van der Waals surface area contributed by atoms with E-state index < -0.39 is 42.3 Å². The summed E-state index contributed by atoms with van der Waals surface area (Å²) < 4.78 is 5.15. The van der Waals surface area contributed by atoms with E-state index in [1.54, 1.807) is 63.2 Å². The third-order valence-electron chi connectivity index (χ3n) is 4.86. The molecule has 0 fully saturated rings. The fraction of sp³-hybridized carbons (Fsp3) is 0.273. The van der Waals surface area contributed by atoms with Crippen LogP contribution in [0.3, 0.4) is 0 Å². The van der Waals surface area contributed by atoms with E-state index in [1.807, 2.05) is 0 Å². The van der Waals surface area contributed by atoms with Crippen molar-refractivity contribution in [2.45, 2.75) is 26.8 Å². The monoisotopic (exact) mass is 428 g/mol. The SMILES string of the molecule is Cc1c(Cl)cccc1NC(=O)COC(=O)[C@H](C(C)C)N1C(=O)c2ccccc2C1=O. The molecular formula is C22H21ClN2O5. The van der Waals surface area contributed by atoms with E-state index >= 15 is 0 Å². The third-order valence-corrected chi connectivity index (χ3v) is 5.27. The van der Waals surface area contributed by atoms with Crippen molar-refractivity contribution in [1.29, 1.82) is 0 Å². The van der Waals surface area contributed by atoms with Crippen LogP contribution in [0.5, 0.6) is 0 Å². The molecule has 3 amide bonds. The summed E-state index contributed by atoms with van der Waals surface area (Å²) in [4.78, 5) is 51.3. The second-order valence-corrected chi connectivity index (χ2v) is 7.69. The van der Waals surface area contributed by atoms with Gasteiger partial charge in [0.15, 0.2) is 6.61 Å². The number of fused-ring (bicyclic) bond motifs is 1. The van der Waals surface area contributed by atoms with Crippen molar-refractivity contribution >= 4 is 41.0 Å². The predicted octanol–water partition coefficient (Wildman–Crippen LogP) is 3.45. The Kier molecular flexibility index (Phi) is 6.22. The Morgan fingerprint density at radius 2 is 1.63 bits per heavy atom. The number of benzene rings is 2. The van der Waals surface area contributed by atoms with Gasteiger partial charge in [0.25, 0.3) is 17.7 Å². The number of carbonyl (C=O) groups is 4. The molecule has 7 nitrogen and oxygen atoms in total. The highest BCUT2D eigenvalue weighted by molar-refractivity contribution is 6.31. The highest BCUT2D eigenvalue weighted by atomic mass is 35.5. The molecule has 1 atom stereocenters. The van der Waals surface area contributed by atoms with Crippen LogP contribution in [0.4, 0.5) is 5.69 Å². The number of hydrogen-bond acceptors (Lipinski definition) is 5. The number of nitrogens with one attached hydrogen (secondary N) is 1. The lowest BCUT2D eigenvalue weighted by molar-refractivity contribution is -0.152. The molecule has 30 heavy (non-hydrogen) atoms. The standard InChI is InChI=1S/C22H21ClN2O5/c1-12(2)19(25-20(27)14-7-4-5-8-15(14)21(25)28)22(29)30-11-18(26)24-17-10-6-9-16(23)13(17)3/h4-10,12,19H,11H2,1-3H3,(H,24,26)/t19-/m0/s1. The highest BCUT2D eigenvalue weighted by Crippen LogP contribution is 2.28. The first kappa shape index (κ1) is 21.5. The van der Waals surface area contributed by atoms with Gasteiger partial charge in [-0.05, 0) is 42.7 Å². The molecule has 1 aliphatic heterocycles. The van der Waals surface area contributed by atoms with E-state index in [-0.39, 0.29) is 11.1 Å². The maximum absolute atomic E-state index is 12.7. The number of esters is 1. The molecule has 0 unspecified atom stereocenters. The van der Waals surface area contributed by atoms with E-state index in [0.717, 1.165) is 4.90 Å². The number of anilines is 1. The minimum atomic E-state index is -1.14. The van der Waals surface area contributed by atoms with Gasteiger partial charge >= 0.3 is 5.97 Å². The smallest absolute Gasteiger partial charge is 0.330 e. The van der Waals surface area contributed by atoms with Crippen molar-refractivity contribution in [1.82, 2.24) is 4.90 Å². The predicted molar refractivity (Wildman–Crippen MR) is 111 cm³/mol. The minimum absolute atomic E-state index is 0.245. The minimum Gasteiger partial charge on any atom is -0.454 e. The van der Waals surface area contributed by atoms with Gasteiger partial charge in [-0.2, -0.15) is 0 Å². The zero-order valence-electron chi connectivity index (χ0n) is 16.8. The zero-order valence-corrected chi connectivity index (χ0v) is 17.5. The van der Waals surface area contributed by atoms with Gasteiger partial charge < -0.3 is 10.1 Å². The van der Waals surface area contributed by atoms with Crippen molar-refractivity contribution in [3.63, 3.8) is 0 Å². The maximum Gasteiger partial charge on any atom is 0.330 e. The second kappa shape index (κ2) is 8.67. The second-order valence-electron chi connectivity index (χ2n) is 7.28. The number of amides is 3. The highest BCUT2D eigenvalue weighted by Gasteiger charge is 2.44. The Morgan fingerprint density at radius 1 is 1.03 bits per heavy atom. The van der Waals surface area contributed by atoms with Crippen LogP contribution < -0.4 is 5.32 Å². The summed E-state index contributed by atoms with van der Waals surface area (Å²) >= 11 is 6.03. The topological polar surface area (TPSA) is 92.8 Å². The quantitative estimate of drug-likeness (QED) is 0.562. The molecule has 8 heteroatoms. The number of ether oxygens (including phenoxy) is 1. The molecule has 0 spiro atoms. The van der Waals surface area contributed by atoms with Crippen LogP contribution in [0.1, 0.15) is 40.1 Å². The lowest BCUT2D eigenvalue weighted by atomic mass is 10.0. The van der Waals surface area contributed by atoms with E-state index in [1.165, 1.54) is 0 Å². The van der Waals surface area contributed by atoms with Crippen LogP contribution in [-0.4, -0.2) is 41.2 Å². The Balaban J connectivity index is 1.70. The number of rotatable bonds is 6. The van der Waals surface area contributed by atoms with Crippen molar-refractivity contribution in [2.75, 3.05) is 11.9 Å². The number of hydrogen-bond donors (Lipinski definition) is 1. The maximum atomic E-state index is 12.7. The molecule has 1 N–H and O–H groups in total. The van der Waals surface area contributed by atoms with Crippen molar-refractivity contribution in [3.05, 3.63) is 64.2 Å². The Morgan fingerprint density at radius 3 is 2.20 bits per heavy atom. The molecule has 2 aromatic carbocycles. The van der Waals surface area contributed by atoms with E-state index in [9.17, 15) is 19.2 Å². The molecule has 0 saturated heterocycles. The van der Waals surface area contributed by atoms with E-state index in [2.05, 4.69) is 5.32 Å². The van der Waals surface area contributed by atoms with Gasteiger partial charge in [0.05, 0.1) is 11.1 Å². The van der Waals surface area contributed by atoms with Crippen LogP contribution >= 0.6 is 11.6 Å². The normalized spacial score (nSPS) is 14.0. The zero-order chi connectivity index (χ0) is 22.0. The average Bonchev–Trinajstić information content (AvgIpc) is 2.95. The Labute approximate surface area is 179 Å². The molecule has 1 aliphatic rings. The van der Waals surface area contributed by atoms with Gasteiger partial charge in [0.1, 0.15) is 6.04 Å². The molecule has 0 radical (unpaired) electrons. The molecule has 3 rings (SSSR count). The van der Waals surface area contributed by atoms with Gasteiger partial charge in [-0.25, -0.2) is 4.79 Å². The number of imide groups is 1. The first-order chi connectivity index (χ1) is 14.2. The van der Waals surface area contributed by atoms with Crippen LogP contribution in [0.15, 0.2) is 42.5 Å². The van der Waals surface area contributed by atoms with Crippen molar-refractivity contribution < 1.29 is 23.9 Å². The first-order valence-electron chi connectivity index (χ1n) is 9.41. The van der Waals surface area contributed by atoms with Crippen LogP contribution in [0.25, 0.3) is 0 Å². The van der Waals surface area contributed by atoms with Crippen LogP contribution in [-0.2, 0) is 14.3 Å². The lowest BCUT2D eigenvalue weighted by Crippen LogP contribution is -2.49. The summed E-state index contributed by atoms with van der Waals surface area (Å²) in [6, 6.07) is 10.3. The molecule has 0 aliphatic carbocycles. The number of carbonyl (C=O) groups excluding carboxylic acids is 4. The molecule has 0 saturated carbocycles. The summed E-state index contributed by atoms with van der Waals surface area (Å²) in [5.41, 5.74) is 1.68. The number of halogens is 1. The van der Waals surface area contributed by atoms with Gasteiger partial charge in [-0.3, -0.25) is 19.3 Å². The summed E-state index contributed by atoms with van der Waals surface area (Å²) in [5.74, 6) is -2.88. The summed E-state index contributed by atoms with van der Waals surface area (Å²) in [7, 11) is 0. The Bertz CT molecular complexity index is 999. The molecule has 0 aromatic heterocycles. The third kappa shape index (κ3) is 4.07. The van der Waals surface area contributed by atoms with Crippen LogP contribution in [0.2, 0.25) is 5.02 Å². The van der Waals surface area contributed by atoms with Crippen LogP contribution in [0, 0.1) is 12.8 Å². The van der Waals surface area contributed by atoms with Gasteiger partial charge in [0, 0.05) is 10.7 Å². The molecule has 156 valence electrons. The average molecular weight is 429 g/mol. The van der Waals surface area contributed by atoms with Gasteiger partial charge in [-0.15, -0.1) is 0 Å².